The van der Waals surface area contributed by atoms with Crippen molar-refractivity contribution in [3.8, 4) is 0 Å². The Morgan fingerprint density at radius 3 is 2.54 bits per heavy atom. The van der Waals surface area contributed by atoms with Crippen LogP contribution in [0.3, 0.4) is 0 Å². The SMILES string of the molecule is Cc1nccn1[C@@H]1c2ccccc2C2(CCN(Cc3ccncc3)CC2)[C@H]1O. The van der Waals surface area contributed by atoms with Crippen molar-refractivity contribution in [1.29, 1.82) is 0 Å². The molecule has 1 aliphatic heterocycles. The normalized spacial score (nSPS) is 23.8. The second-order valence-electron chi connectivity index (χ2n) is 8.15. The minimum atomic E-state index is -0.430. The van der Waals surface area contributed by atoms with Crippen molar-refractivity contribution in [1.82, 2.24) is 19.4 Å². The van der Waals surface area contributed by atoms with Gasteiger partial charge in [0.25, 0.3) is 0 Å². The smallest absolute Gasteiger partial charge is 0.106 e. The molecule has 1 spiro atoms. The van der Waals surface area contributed by atoms with Crippen LogP contribution in [-0.4, -0.2) is 43.7 Å². The maximum atomic E-state index is 11.6. The molecule has 28 heavy (non-hydrogen) atoms. The van der Waals surface area contributed by atoms with Crippen molar-refractivity contribution in [2.45, 2.75) is 43.9 Å². The number of aliphatic hydroxyl groups is 1. The highest BCUT2D eigenvalue weighted by Gasteiger charge is 2.53. The fraction of sp³-hybridized carbons (Fsp3) is 0.391. The van der Waals surface area contributed by atoms with E-state index < -0.39 is 6.10 Å². The van der Waals surface area contributed by atoms with Crippen LogP contribution in [0.5, 0.6) is 0 Å². The van der Waals surface area contributed by atoms with Gasteiger partial charge in [0.05, 0.1) is 12.1 Å². The lowest BCUT2D eigenvalue weighted by atomic mass is 9.72. The fourth-order valence-electron chi connectivity index (χ4n) is 5.25. The number of aliphatic hydroxyl groups excluding tert-OH is 1. The summed E-state index contributed by atoms with van der Waals surface area (Å²) >= 11 is 0. The van der Waals surface area contributed by atoms with Gasteiger partial charge in [-0.2, -0.15) is 0 Å². The van der Waals surface area contributed by atoms with Crippen LogP contribution in [0, 0.1) is 6.92 Å². The highest BCUT2D eigenvalue weighted by molar-refractivity contribution is 5.46. The molecule has 0 saturated carbocycles. The average Bonchev–Trinajstić information content (AvgIpc) is 3.24. The Hall–Kier alpha value is -2.50. The number of likely N-dealkylation sites (tertiary alicyclic amines) is 1. The summed E-state index contributed by atoms with van der Waals surface area (Å²) in [6, 6.07) is 12.7. The summed E-state index contributed by atoms with van der Waals surface area (Å²) in [6.07, 6.45) is 9.05. The summed E-state index contributed by atoms with van der Waals surface area (Å²) in [4.78, 5) is 11.0. The van der Waals surface area contributed by atoms with Crippen LogP contribution < -0.4 is 0 Å². The van der Waals surface area contributed by atoms with E-state index >= 15 is 0 Å². The van der Waals surface area contributed by atoms with Crippen LogP contribution in [0.25, 0.3) is 0 Å². The number of hydrogen-bond acceptors (Lipinski definition) is 4. The van der Waals surface area contributed by atoms with Crippen LogP contribution in [0.4, 0.5) is 0 Å². The third-order valence-corrected chi connectivity index (χ3v) is 6.75. The zero-order valence-corrected chi connectivity index (χ0v) is 16.2. The van der Waals surface area contributed by atoms with Gasteiger partial charge in [0.15, 0.2) is 0 Å². The van der Waals surface area contributed by atoms with E-state index in [0.29, 0.717) is 0 Å². The Morgan fingerprint density at radius 1 is 1.07 bits per heavy atom. The van der Waals surface area contributed by atoms with E-state index in [0.717, 1.165) is 38.3 Å². The van der Waals surface area contributed by atoms with E-state index in [1.807, 2.05) is 31.7 Å². The van der Waals surface area contributed by atoms with Crippen LogP contribution >= 0.6 is 0 Å². The molecule has 144 valence electrons. The Bertz CT molecular complexity index is 959. The monoisotopic (exact) mass is 374 g/mol. The zero-order valence-electron chi connectivity index (χ0n) is 16.2. The lowest BCUT2D eigenvalue weighted by Crippen LogP contribution is -2.48. The van der Waals surface area contributed by atoms with Crippen molar-refractivity contribution in [3.05, 3.63) is 83.7 Å². The highest BCUT2D eigenvalue weighted by atomic mass is 16.3. The third kappa shape index (κ3) is 2.69. The molecule has 1 N–H and O–H groups in total. The number of aromatic nitrogens is 3. The number of piperidine rings is 1. The Labute approximate surface area is 165 Å². The minimum Gasteiger partial charge on any atom is -0.390 e. The third-order valence-electron chi connectivity index (χ3n) is 6.75. The van der Waals surface area contributed by atoms with Crippen molar-refractivity contribution in [2.24, 2.45) is 0 Å². The van der Waals surface area contributed by atoms with E-state index in [1.165, 1.54) is 16.7 Å². The molecule has 2 aromatic heterocycles. The first kappa shape index (κ1) is 17.6. The summed E-state index contributed by atoms with van der Waals surface area (Å²) < 4.78 is 2.14. The molecular weight excluding hydrogens is 348 g/mol. The molecule has 3 aromatic rings. The Kier molecular flexibility index (Phi) is 4.29. The topological polar surface area (TPSA) is 54.2 Å². The lowest BCUT2D eigenvalue weighted by molar-refractivity contribution is 0.0202. The number of aryl methyl sites for hydroxylation is 1. The molecule has 5 rings (SSSR count). The van der Waals surface area contributed by atoms with E-state index in [-0.39, 0.29) is 11.5 Å². The van der Waals surface area contributed by atoms with Gasteiger partial charge >= 0.3 is 0 Å². The molecule has 0 bridgehead atoms. The lowest BCUT2D eigenvalue weighted by Gasteiger charge is -2.43. The summed E-state index contributed by atoms with van der Waals surface area (Å²) in [5.41, 5.74) is 3.69. The Morgan fingerprint density at radius 2 is 1.82 bits per heavy atom. The van der Waals surface area contributed by atoms with Gasteiger partial charge in [-0.15, -0.1) is 0 Å². The first-order valence-corrected chi connectivity index (χ1v) is 10.1. The number of imidazole rings is 1. The molecule has 1 saturated heterocycles. The number of pyridine rings is 1. The van der Waals surface area contributed by atoms with Crippen LogP contribution in [0.15, 0.2) is 61.2 Å². The minimum absolute atomic E-state index is 0.0505. The van der Waals surface area contributed by atoms with Crippen molar-refractivity contribution < 1.29 is 5.11 Å². The molecule has 1 aromatic carbocycles. The molecule has 1 aliphatic carbocycles. The molecule has 5 nitrogen and oxygen atoms in total. The summed E-state index contributed by atoms with van der Waals surface area (Å²) in [5.74, 6) is 0.950. The second-order valence-corrected chi connectivity index (χ2v) is 8.15. The molecule has 1 fully saturated rings. The van der Waals surface area contributed by atoms with Gasteiger partial charge in [0, 0.05) is 36.7 Å². The van der Waals surface area contributed by atoms with Gasteiger partial charge in [-0.25, -0.2) is 4.98 Å². The standard InChI is InChI=1S/C23H26N4O/c1-17-25-12-15-27(17)21-19-4-2-3-5-20(19)23(22(21)28)8-13-26(14-9-23)16-18-6-10-24-11-7-18/h2-7,10-12,15,21-22,28H,8-9,13-14,16H2,1H3/t21-,22+/m1/s1. The second kappa shape index (κ2) is 6.83. The molecule has 0 radical (unpaired) electrons. The number of fused-ring (bicyclic) bond motifs is 2. The fourth-order valence-corrected chi connectivity index (χ4v) is 5.25. The molecular formula is C23H26N4O. The quantitative estimate of drug-likeness (QED) is 0.765. The van der Waals surface area contributed by atoms with Crippen molar-refractivity contribution >= 4 is 0 Å². The van der Waals surface area contributed by atoms with Gasteiger partial charge in [0.1, 0.15) is 5.82 Å². The molecule has 0 unspecified atom stereocenters. The average molecular weight is 374 g/mol. The van der Waals surface area contributed by atoms with Crippen molar-refractivity contribution in [3.63, 3.8) is 0 Å². The Balaban J connectivity index is 1.43. The number of rotatable bonds is 3. The zero-order chi connectivity index (χ0) is 19.1. The maximum absolute atomic E-state index is 11.6. The first-order valence-electron chi connectivity index (χ1n) is 10.1. The van der Waals surface area contributed by atoms with Crippen molar-refractivity contribution in [2.75, 3.05) is 13.1 Å². The predicted octanol–water partition coefficient (Wildman–Crippen LogP) is 3.08. The van der Waals surface area contributed by atoms with E-state index in [4.69, 9.17) is 0 Å². The van der Waals surface area contributed by atoms with Crippen LogP contribution in [-0.2, 0) is 12.0 Å². The molecule has 2 aliphatic rings. The first-order chi connectivity index (χ1) is 13.7. The number of nitrogens with zero attached hydrogens (tertiary/aromatic N) is 4. The molecule has 5 heteroatoms. The largest absolute Gasteiger partial charge is 0.390 e. The maximum Gasteiger partial charge on any atom is 0.106 e. The summed E-state index contributed by atoms with van der Waals surface area (Å²) in [7, 11) is 0. The van der Waals surface area contributed by atoms with Gasteiger partial charge in [-0.3, -0.25) is 9.88 Å². The van der Waals surface area contributed by atoms with E-state index in [1.54, 1.807) is 0 Å². The van der Waals surface area contributed by atoms with E-state index in [9.17, 15) is 5.11 Å². The number of hydrogen-bond donors (Lipinski definition) is 1. The van der Waals surface area contributed by atoms with Crippen LogP contribution in [0.2, 0.25) is 0 Å². The molecule has 0 amide bonds. The van der Waals surface area contributed by atoms with Gasteiger partial charge in [-0.05, 0) is 61.7 Å². The summed E-state index contributed by atoms with van der Waals surface area (Å²) in [5, 5.41) is 11.6. The van der Waals surface area contributed by atoms with E-state index in [2.05, 4.69) is 55.8 Å². The summed E-state index contributed by atoms with van der Waals surface area (Å²) in [6.45, 7) is 4.94. The number of benzene rings is 1. The molecule has 2 atom stereocenters. The highest BCUT2D eigenvalue weighted by Crippen LogP contribution is 2.52. The van der Waals surface area contributed by atoms with Crippen LogP contribution in [0.1, 0.15) is 41.4 Å². The van der Waals surface area contributed by atoms with Gasteiger partial charge < -0.3 is 9.67 Å². The van der Waals surface area contributed by atoms with Gasteiger partial charge in [-0.1, -0.05) is 24.3 Å². The molecule has 3 heterocycles. The predicted molar refractivity (Wildman–Crippen MR) is 108 cm³/mol. The van der Waals surface area contributed by atoms with Gasteiger partial charge in [0.2, 0.25) is 0 Å².